The largest absolute Gasteiger partial charge is 0.497 e. The number of benzene rings is 2. The van der Waals surface area contributed by atoms with E-state index in [1.54, 1.807) is 30.7 Å². The zero-order chi connectivity index (χ0) is 20.0. The molecule has 0 spiro atoms. The third kappa shape index (κ3) is 4.96. The smallest absolute Gasteiger partial charge is 0.271 e. The first-order valence-electron chi connectivity index (χ1n) is 8.12. The van der Waals surface area contributed by atoms with E-state index >= 15 is 0 Å². The summed E-state index contributed by atoms with van der Waals surface area (Å²) in [4.78, 5) is 12.1. The summed E-state index contributed by atoms with van der Waals surface area (Å²) in [5.41, 5.74) is 3.95. The van der Waals surface area contributed by atoms with Crippen LogP contribution in [0.25, 0.3) is 0 Å². The van der Waals surface area contributed by atoms with Crippen LogP contribution in [0, 0.1) is 0 Å². The Hall–Kier alpha value is -3.17. The Morgan fingerprint density at radius 1 is 1.07 bits per heavy atom. The van der Waals surface area contributed by atoms with Crippen LogP contribution in [0.1, 0.15) is 15.9 Å². The van der Waals surface area contributed by atoms with Crippen molar-refractivity contribution in [2.45, 2.75) is 4.21 Å². The minimum absolute atomic E-state index is 0.224. The van der Waals surface area contributed by atoms with Crippen molar-refractivity contribution in [3.8, 4) is 5.75 Å². The molecule has 0 saturated heterocycles. The summed E-state index contributed by atoms with van der Waals surface area (Å²) >= 11 is 1.13. The van der Waals surface area contributed by atoms with E-state index in [9.17, 15) is 13.2 Å². The highest BCUT2D eigenvalue weighted by Crippen LogP contribution is 2.20. The maximum absolute atomic E-state index is 12.2. The quantitative estimate of drug-likeness (QED) is 0.457. The number of carbonyl (C=O) groups is 1. The Morgan fingerprint density at radius 2 is 1.79 bits per heavy atom. The molecule has 2 aromatic carbocycles. The van der Waals surface area contributed by atoms with Crippen molar-refractivity contribution in [2.24, 2.45) is 5.10 Å². The van der Waals surface area contributed by atoms with E-state index in [4.69, 9.17) is 4.74 Å². The fraction of sp³-hybridized carbons (Fsp3) is 0.0526. The van der Waals surface area contributed by atoms with Crippen molar-refractivity contribution in [1.29, 1.82) is 0 Å². The molecule has 1 heterocycles. The molecule has 144 valence electrons. The second kappa shape index (κ2) is 8.68. The summed E-state index contributed by atoms with van der Waals surface area (Å²) in [6, 6.07) is 16.5. The predicted molar refractivity (Wildman–Crippen MR) is 110 cm³/mol. The first-order valence-corrected chi connectivity index (χ1v) is 10.5. The molecule has 28 heavy (non-hydrogen) atoms. The van der Waals surface area contributed by atoms with Crippen LogP contribution < -0.4 is 14.9 Å². The summed E-state index contributed by atoms with van der Waals surface area (Å²) in [7, 11) is -2.03. The number of carbonyl (C=O) groups excluding carboxylic acids is 1. The highest BCUT2D eigenvalue weighted by atomic mass is 32.2. The van der Waals surface area contributed by atoms with Crippen molar-refractivity contribution >= 4 is 39.2 Å². The van der Waals surface area contributed by atoms with E-state index in [0.717, 1.165) is 22.6 Å². The lowest BCUT2D eigenvalue weighted by atomic mass is 10.2. The molecule has 0 bridgehead atoms. The van der Waals surface area contributed by atoms with Crippen LogP contribution in [0.3, 0.4) is 0 Å². The van der Waals surface area contributed by atoms with Gasteiger partial charge in [0, 0.05) is 11.3 Å². The van der Waals surface area contributed by atoms with E-state index < -0.39 is 15.9 Å². The van der Waals surface area contributed by atoms with Crippen molar-refractivity contribution in [2.75, 3.05) is 11.8 Å². The van der Waals surface area contributed by atoms with Crippen LogP contribution in [-0.2, 0) is 10.0 Å². The van der Waals surface area contributed by atoms with Crippen LogP contribution >= 0.6 is 11.3 Å². The molecule has 0 saturated carbocycles. The fourth-order valence-corrected chi connectivity index (χ4v) is 4.28. The van der Waals surface area contributed by atoms with Crippen LogP contribution in [-0.4, -0.2) is 27.6 Å². The molecule has 0 aliphatic rings. The number of hydrazone groups is 1. The third-order valence-corrected chi connectivity index (χ3v) is 6.43. The van der Waals surface area contributed by atoms with Crippen LogP contribution in [0.5, 0.6) is 5.75 Å². The summed E-state index contributed by atoms with van der Waals surface area (Å²) in [6.07, 6.45) is 1.51. The van der Waals surface area contributed by atoms with Crippen LogP contribution in [0.2, 0.25) is 0 Å². The van der Waals surface area contributed by atoms with E-state index in [2.05, 4.69) is 15.2 Å². The van der Waals surface area contributed by atoms with Gasteiger partial charge in [0.1, 0.15) is 9.96 Å². The van der Waals surface area contributed by atoms with Gasteiger partial charge in [-0.25, -0.2) is 13.8 Å². The molecule has 1 aromatic heterocycles. The van der Waals surface area contributed by atoms with E-state index in [1.807, 2.05) is 12.1 Å². The maximum Gasteiger partial charge on any atom is 0.271 e. The molecular weight excluding hydrogens is 398 g/mol. The van der Waals surface area contributed by atoms with Gasteiger partial charge in [-0.2, -0.15) is 5.10 Å². The van der Waals surface area contributed by atoms with E-state index in [-0.39, 0.29) is 4.21 Å². The highest BCUT2D eigenvalue weighted by Gasteiger charge is 2.15. The molecule has 2 N–H and O–H groups in total. The highest BCUT2D eigenvalue weighted by molar-refractivity contribution is 7.94. The summed E-state index contributed by atoms with van der Waals surface area (Å²) < 4.78 is 32.2. The van der Waals surface area contributed by atoms with E-state index in [1.165, 1.54) is 36.5 Å². The van der Waals surface area contributed by atoms with Crippen LogP contribution in [0.4, 0.5) is 5.69 Å². The number of thiophene rings is 1. The lowest BCUT2D eigenvalue weighted by Gasteiger charge is -2.07. The Labute approximate surface area is 166 Å². The number of anilines is 1. The molecule has 0 aliphatic heterocycles. The molecule has 1 amide bonds. The molecule has 7 nitrogen and oxygen atoms in total. The number of ether oxygens (including phenoxy) is 1. The normalized spacial score (nSPS) is 11.3. The monoisotopic (exact) mass is 415 g/mol. The zero-order valence-electron chi connectivity index (χ0n) is 14.8. The number of hydrogen-bond donors (Lipinski definition) is 2. The summed E-state index contributed by atoms with van der Waals surface area (Å²) in [6.45, 7) is 0. The van der Waals surface area contributed by atoms with Crippen molar-refractivity contribution in [3.63, 3.8) is 0 Å². The summed E-state index contributed by atoms with van der Waals surface area (Å²) in [5.74, 6) is 0.327. The van der Waals surface area contributed by atoms with Gasteiger partial charge in [0.05, 0.1) is 13.3 Å². The topological polar surface area (TPSA) is 96.9 Å². The molecule has 3 rings (SSSR count). The molecule has 0 unspecified atom stereocenters. The van der Waals surface area contributed by atoms with Crippen molar-refractivity contribution in [3.05, 3.63) is 77.2 Å². The first-order chi connectivity index (χ1) is 13.5. The van der Waals surface area contributed by atoms with Gasteiger partial charge < -0.3 is 4.74 Å². The number of nitrogens with zero attached hydrogens (tertiary/aromatic N) is 1. The van der Waals surface area contributed by atoms with Crippen molar-refractivity contribution in [1.82, 2.24) is 5.43 Å². The molecule has 0 fully saturated rings. The standard InChI is InChI=1S/C19H17N3O4S2/c1-26-17-10-4-14(5-11-17)13-20-21-19(23)15-6-8-16(9-7-15)22-28(24,25)18-3-2-12-27-18/h2-13,22H,1H3,(H,21,23)/b20-13-. The minimum Gasteiger partial charge on any atom is -0.497 e. The second-order valence-electron chi connectivity index (χ2n) is 5.59. The minimum atomic E-state index is -3.62. The van der Waals surface area contributed by atoms with Crippen LogP contribution in [0.15, 0.2) is 75.4 Å². The Morgan fingerprint density at radius 3 is 2.39 bits per heavy atom. The molecular formula is C19H17N3O4S2. The molecule has 0 aliphatic carbocycles. The van der Waals surface area contributed by atoms with Gasteiger partial charge in [0.15, 0.2) is 0 Å². The number of amides is 1. The zero-order valence-corrected chi connectivity index (χ0v) is 16.5. The Balaban J connectivity index is 1.59. The van der Waals surface area contributed by atoms with Gasteiger partial charge in [0.25, 0.3) is 15.9 Å². The van der Waals surface area contributed by atoms with Gasteiger partial charge >= 0.3 is 0 Å². The second-order valence-corrected chi connectivity index (χ2v) is 8.44. The number of hydrogen-bond acceptors (Lipinski definition) is 6. The van der Waals surface area contributed by atoms with Gasteiger partial charge in [-0.1, -0.05) is 6.07 Å². The van der Waals surface area contributed by atoms with Gasteiger partial charge in [-0.3, -0.25) is 9.52 Å². The van der Waals surface area contributed by atoms with E-state index in [0.29, 0.717) is 11.3 Å². The van der Waals surface area contributed by atoms with Crippen molar-refractivity contribution < 1.29 is 17.9 Å². The number of sulfonamides is 1. The fourth-order valence-electron chi connectivity index (χ4n) is 2.23. The molecule has 9 heteroatoms. The molecule has 3 aromatic rings. The average Bonchev–Trinajstić information content (AvgIpc) is 3.25. The number of rotatable bonds is 7. The summed E-state index contributed by atoms with van der Waals surface area (Å²) in [5, 5.41) is 5.60. The van der Waals surface area contributed by atoms with Gasteiger partial charge in [0.2, 0.25) is 0 Å². The SMILES string of the molecule is COc1ccc(/C=N\NC(=O)c2ccc(NS(=O)(=O)c3cccs3)cc2)cc1. The Kier molecular flexibility index (Phi) is 6.07. The molecule has 0 radical (unpaired) electrons. The lowest BCUT2D eigenvalue weighted by molar-refractivity contribution is 0.0955. The average molecular weight is 415 g/mol. The number of methoxy groups -OCH3 is 1. The predicted octanol–water partition coefficient (Wildman–Crippen LogP) is 3.32. The molecule has 0 atom stereocenters. The number of nitrogens with one attached hydrogen (secondary N) is 2. The lowest BCUT2D eigenvalue weighted by Crippen LogP contribution is -2.17. The third-order valence-electron chi connectivity index (χ3n) is 3.65. The maximum atomic E-state index is 12.2. The first kappa shape index (κ1) is 19.6. The van der Waals surface area contributed by atoms with Gasteiger partial charge in [-0.15, -0.1) is 11.3 Å². The Bertz CT molecular complexity index is 1060. The van der Waals surface area contributed by atoms with Gasteiger partial charge in [-0.05, 0) is 65.5 Å².